The first-order valence-electron chi connectivity index (χ1n) is 7.11. The molecule has 1 atom stereocenters. The Hall–Kier alpha value is -1.55. The lowest BCUT2D eigenvalue weighted by molar-refractivity contribution is -0.139. The first-order chi connectivity index (χ1) is 12.0. The van der Waals surface area contributed by atoms with Crippen molar-refractivity contribution in [2.45, 2.75) is 24.7 Å². The van der Waals surface area contributed by atoms with Crippen LogP contribution in [0, 0.1) is 5.82 Å². The highest BCUT2D eigenvalue weighted by Crippen LogP contribution is 2.46. The second-order valence-corrected chi connectivity index (χ2v) is 6.76. The Morgan fingerprint density at radius 3 is 2.38 bits per heavy atom. The molecule has 2 aliphatic heterocycles. The van der Waals surface area contributed by atoms with E-state index in [1.807, 2.05) is 0 Å². The first kappa shape index (κ1) is 19.2. The van der Waals surface area contributed by atoms with Gasteiger partial charge in [0.15, 0.2) is 0 Å². The summed E-state index contributed by atoms with van der Waals surface area (Å²) < 4.78 is 52.1. The number of nitrogens with two attached hydrogens (primary N) is 1. The molecule has 3 N–H and O–H groups in total. The summed E-state index contributed by atoms with van der Waals surface area (Å²) in [5.74, 6) is -0.737. The first-order valence-corrected chi connectivity index (χ1v) is 8.25. The molecule has 1 aromatic carbocycles. The van der Waals surface area contributed by atoms with Crippen molar-refractivity contribution in [2.24, 2.45) is 15.7 Å². The fourth-order valence-corrected chi connectivity index (χ4v) is 3.72. The van der Waals surface area contributed by atoms with E-state index >= 15 is 0 Å². The zero-order chi connectivity index (χ0) is 19.3. The van der Waals surface area contributed by atoms with Crippen LogP contribution in [0.15, 0.2) is 27.3 Å². The normalized spacial score (nSPS) is 22.5. The van der Waals surface area contributed by atoms with Crippen LogP contribution in [0.1, 0.15) is 18.4 Å². The summed E-state index contributed by atoms with van der Waals surface area (Å²) in [6, 6.07) is 1.91. The number of hydrogen-bond acceptors (Lipinski definition) is 5. The largest absolute Gasteiger partial charge is 0.389 e. The second-order valence-electron chi connectivity index (χ2n) is 5.58. The zero-order valence-corrected chi connectivity index (χ0v) is 15.0. The standard InChI is InChI=1S/C14H10Cl3F4N5/c15-7-3-6(18)4-8(16)9(7)10-11(17)25-12-23-5-24-26(12)13(10,22)1-2-14(19,20)21/h3-5H,1-2,22H2,(H,23,24,25). The molecule has 0 fully saturated rings. The Labute approximate surface area is 160 Å². The molecule has 0 amide bonds. The molecule has 0 saturated heterocycles. The van der Waals surface area contributed by atoms with E-state index in [-0.39, 0.29) is 32.3 Å². The zero-order valence-electron chi connectivity index (χ0n) is 12.7. The molecule has 0 saturated carbocycles. The van der Waals surface area contributed by atoms with E-state index in [2.05, 4.69) is 15.4 Å². The smallest absolute Gasteiger partial charge is 0.303 e. The lowest BCUT2D eigenvalue weighted by Crippen LogP contribution is -2.63. The molecule has 0 spiro atoms. The number of nitrogens with zero attached hydrogens (tertiary/aromatic N) is 3. The van der Waals surface area contributed by atoms with Crippen LogP contribution in [-0.4, -0.2) is 29.1 Å². The van der Waals surface area contributed by atoms with Crippen LogP contribution in [0.3, 0.4) is 0 Å². The Balaban J connectivity index is 2.19. The van der Waals surface area contributed by atoms with Gasteiger partial charge in [-0.05, 0) is 18.6 Å². The van der Waals surface area contributed by atoms with Crippen molar-refractivity contribution in [1.82, 2.24) is 10.4 Å². The minimum atomic E-state index is -4.48. The highest BCUT2D eigenvalue weighted by Gasteiger charge is 2.48. The number of halogens is 7. The lowest BCUT2D eigenvalue weighted by atomic mass is 9.88. The fraction of sp³-hybridized carbons (Fsp3) is 0.286. The molecule has 0 bridgehead atoms. The molecule has 0 aliphatic carbocycles. The van der Waals surface area contributed by atoms with Crippen molar-refractivity contribution in [3.63, 3.8) is 0 Å². The number of rotatable bonds is 3. The summed E-state index contributed by atoms with van der Waals surface area (Å²) >= 11 is 18.4. The summed E-state index contributed by atoms with van der Waals surface area (Å²) in [5.41, 5.74) is 7.05. The summed E-state index contributed by atoms with van der Waals surface area (Å²) in [5, 5.41) is 0.570. The van der Waals surface area contributed by atoms with Crippen molar-refractivity contribution < 1.29 is 17.6 Å². The van der Waals surface area contributed by atoms with Crippen LogP contribution in [-0.2, 0) is 0 Å². The quantitative estimate of drug-likeness (QED) is 0.556. The molecule has 140 valence electrons. The Morgan fingerprint density at radius 2 is 1.81 bits per heavy atom. The molecular formula is C14H10Cl3F4N5. The van der Waals surface area contributed by atoms with E-state index in [0.717, 1.165) is 17.1 Å². The van der Waals surface area contributed by atoms with Crippen molar-refractivity contribution >= 4 is 52.7 Å². The number of benzene rings is 1. The van der Waals surface area contributed by atoms with Gasteiger partial charge in [0.2, 0.25) is 5.96 Å². The SMILES string of the molecule is NC1(CCC(F)(F)F)C(c2c(Cl)cc(F)cc2Cl)=C(Cl)N=C2N=CNN21. The van der Waals surface area contributed by atoms with E-state index < -0.39 is 30.5 Å². The summed E-state index contributed by atoms with van der Waals surface area (Å²) in [4.78, 5) is 7.87. The van der Waals surface area contributed by atoms with Crippen molar-refractivity contribution in [2.75, 3.05) is 0 Å². The maximum absolute atomic E-state index is 13.5. The third-order valence-corrected chi connectivity index (χ3v) is 4.72. The van der Waals surface area contributed by atoms with Crippen LogP contribution in [0.5, 0.6) is 0 Å². The van der Waals surface area contributed by atoms with E-state index in [9.17, 15) is 17.6 Å². The summed E-state index contributed by atoms with van der Waals surface area (Å²) in [6.45, 7) is 0. The topological polar surface area (TPSA) is 66.0 Å². The molecule has 12 heteroatoms. The molecule has 1 unspecified atom stereocenters. The van der Waals surface area contributed by atoms with Crippen molar-refractivity contribution in [3.05, 3.63) is 38.7 Å². The number of fused-ring (bicyclic) bond motifs is 1. The molecule has 2 aliphatic rings. The molecule has 5 nitrogen and oxygen atoms in total. The van der Waals surface area contributed by atoms with E-state index in [1.165, 1.54) is 6.34 Å². The number of aliphatic imine (C=N–C) groups is 2. The van der Waals surface area contributed by atoms with Gasteiger partial charge in [-0.15, -0.1) is 0 Å². The minimum absolute atomic E-state index is 0.000841. The molecule has 1 aromatic rings. The van der Waals surface area contributed by atoms with Gasteiger partial charge in [-0.1, -0.05) is 34.8 Å². The number of guanidine groups is 1. The number of hydrogen-bond donors (Lipinski definition) is 2. The molecule has 0 aromatic heterocycles. The van der Waals surface area contributed by atoms with Gasteiger partial charge in [0, 0.05) is 17.6 Å². The van der Waals surface area contributed by atoms with Gasteiger partial charge < -0.3 is 5.73 Å². The van der Waals surface area contributed by atoms with Gasteiger partial charge in [-0.2, -0.15) is 18.2 Å². The highest BCUT2D eigenvalue weighted by molar-refractivity contribution is 6.40. The molecular weight excluding hydrogens is 421 g/mol. The van der Waals surface area contributed by atoms with Gasteiger partial charge in [0.05, 0.1) is 10.0 Å². The number of nitrogens with one attached hydrogen (secondary N) is 1. The van der Waals surface area contributed by atoms with Gasteiger partial charge in [-0.25, -0.2) is 14.4 Å². The van der Waals surface area contributed by atoms with Gasteiger partial charge >= 0.3 is 6.18 Å². The maximum atomic E-state index is 13.5. The predicted octanol–water partition coefficient (Wildman–Crippen LogP) is 4.26. The lowest BCUT2D eigenvalue weighted by Gasteiger charge is -2.43. The van der Waals surface area contributed by atoms with Crippen molar-refractivity contribution in [1.29, 1.82) is 0 Å². The van der Waals surface area contributed by atoms with Crippen LogP contribution in [0.25, 0.3) is 5.57 Å². The average molecular weight is 431 g/mol. The molecule has 0 radical (unpaired) electrons. The van der Waals surface area contributed by atoms with Gasteiger partial charge in [-0.3, -0.25) is 5.43 Å². The number of hydrazine groups is 1. The Bertz CT molecular complexity index is 828. The van der Waals surface area contributed by atoms with Crippen LogP contribution >= 0.6 is 34.8 Å². The van der Waals surface area contributed by atoms with E-state index in [1.54, 1.807) is 0 Å². The third-order valence-electron chi connectivity index (χ3n) is 3.85. The average Bonchev–Trinajstić information content (AvgIpc) is 2.96. The Kier molecular flexibility index (Phi) is 4.85. The maximum Gasteiger partial charge on any atom is 0.389 e. The monoisotopic (exact) mass is 429 g/mol. The third kappa shape index (κ3) is 3.36. The molecule has 2 heterocycles. The van der Waals surface area contributed by atoms with Crippen LogP contribution in [0.4, 0.5) is 17.6 Å². The van der Waals surface area contributed by atoms with Crippen LogP contribution in [0.2, 0.25) is 10.0 Å². The number of alkyl halides is 3. The van der Waals surface area contributed by atoms with Crippen LogP contribution < -0.4 is 11.2 Å². The molecule has 3 rings (SSSR count). The molecule has 26 heavy (non-hydrogen) atoms. The van der Waals surface area contributed by atoms with E-state index in [4.69, 9.17) is 40.5 Å². The summed E-state index contributed by atoms with van der Waals surface area (Å²) in [7, 11) is 0. The summed E-state index contributed by atoms with van der Waals surface area (Å²) in [6.07, 6.45) is -5.11. The second kappa shape index (κ2) is 6.56. The Morgan fingerprint density at radius 1 is 1.19 bits per heavy atom. The van der Waals surface area contributed by atoms with Gasteiger partial charge in [0.1, 0.15) is 23.0 Å². The van der Waals surface area contributed by atoms with E-state index in [0.29, 0.717) is 0 Å². The fourth-order valence-electron chi connectivity index (χ4n) is 2.74. The van der Waals surface area contributed by atoms with Gasteiger partial charge in [0.25, 0.3) is 0 Å². The highest BCUT2D eigenvalue weighted by atomic mass is 35.5. The minimum Gasteiger partial charge on any atom is -0.303 e. The van der Waals surface area contributed by atoms with Crippen molar-refractivity contribution in [3.8, 4) is 0 Å². The predicted molar refractivity (Wildman–Crippen MR) is 92.3 cm³/mol.